The van der Waals surface area contributed by atoms with Gasteiger partial charge >= 0.3 is 0 Å². The second-order valence-corrected chi connectivity index (χ2v) is 9.04. The fourth-order valence-corrected chi connectivity index (χ4v) is 4.34. The molecule has 0 aromatic carbocycles. The summed E-state index contributed by atoms with van der Waals surface area (Å²) in [6.45, 7) is 2.98. The monoisotopic (exact) mass is 416 g/mol. The SMILES string of the molecule is NC(CCCCCCCCCCNCC1CCCCC1)CNC(=O)c1cccnc1. The minimum Gasteiger partial charge on any atom is -0.350 e. The predicted molar refractivity (Wildman–Crippen MR) is 126 cm³/mol. The third kappa shape index (κ3) is 11.7. The van der Waals surface area contributed by atoms with E-state index in [-0.39, 0.29) is 11.9 Å². The molecule has 1 atom stereocenters. The minimum atomic E-state index is -0.0947. The van der Waals surface area contributed by atoms with Crippen molar-refractivity contribution in [1.82, 2.24) is 15.6 Å². The second-order valence-electron chi connectivity index (χ2n) is 9.04. The normalized spacial score (nSPS) is 15.8. The first-order valence-electron chi connectivity index (χ1n) is 12.4. The molecule has 0 saturated heterocycles. The molecular weight excluding hydrogens is 372 g/mol. The number of carbonyl (C=O) groups excluding carboxylic acids is 1. The molecule has 0 bridgehead atoms. The molecular formula is C25H44N4O. The average Bonchev–Trinajstić information content (AvgIpc) is 2.79. The van der Waals surface area contributed by atoms with E-state index in [2.05, 4.69) is 15.6 Å². The number of hydrogen-bond acceptors (Lipinski definition) is 4. The lowest BCUT2D eigenvalue weighted by atomic mass is 9.89. The van der Waals surface area contributed by atoms with Crippen molar-refractivity contribution in [2.75, 3.05) is 19.6 Å². The Morgan fingerprint density at radius 2 is 1.73 bits per heavy atom. The highest BCUT2D eigenvalue weighted by molar-refractivity contribution is 5.93. The molecule has 1 heterocycles. The van der Waals surface area contributed by atoms with Crippen molar-refractivity contribution in [2.24, 2.45) is 11.7 Å². The molecule has 4 N–H and O–H groups in total. The Kier molecular flexibility index (Phi) is 13.4. The van der Waals surface area contributed by atoms with Gasteiger partial charge in [0, 0.05) is 25.0 Å². The van der Waals surface area contributed by atoms with Crippen molar-refractivity contribution >= 4 is 5.91 Å². The Balaban J connectivity index is 1.31. The quantitative estimate of drug-likeness (QED) is 0.338. The molecule has 1 saturated carbocycles. The first-order chi connectivity index (χ1) is 14.8. The predicted octanol–water partition coefficient (Wildman–Crippen LogP) is 4.82. The molecule has 1 fully saturated rings. The number of nitrogens with one attached hydrogen (secondary N) is 2. The maximum absolute atomic E-state index is 12.0. The molecule has 1 aromatic rings. The maximum Gasteiger partial charge on any atom is 0.252 e. The number of nitrogens with zero attached hydrogens (tertiary/aromatic N) is 1. The van der Waals surface area contributed by atoms with Crippen molar-refractivity contribution in [3.8, 4) is 0 Å². The third-order valence-electron chi connectivity index (χ3n) is 6.28. The molecule has 2 rings (SSSR count). The molecule has 1 aliphatic rings. The molecule has 1 amide bonds. The smallest absolute Gasteiger partial charge is 0.252 e. The number of unbranched alkanes of at least 4 members (excludes halogenated alkanes) is 7. The van der Waals surface area contributed by atoms with Crippen molar-refractivity contribution in [2.45, 2.75) is 95.9 Å². The molecule has 0 radical (unpaired) electrons. The highest BCUT2D eigenvalue weighted by Gasteiger charge is 2.12. The van der Waals surface area contributed by atoms with Crippen molar-refractivity contribution in [1.29, 1.82) is 0 Å². The molecule has 30 heavy (non-hydrogen) atoms. The van der Waals surface area contributed by atoms with Gasteiger partial charge in [0.05, 0.1) is 5.56 Å². The van der Waals surface area contributed by atoms with Crippen molar-refractivity contribution in [3.63, 3.8) is 0 Å². The molecule has 170 valence electrons. The molecule has 1 aromatic heterocycles. The van der Waals surface area contributed by atoms with Crippen LogP contribution in [0.2, 0.25) is 0 Å². The molecule has 5 heteroatoms. The highest BCUT2D eigenvalue weighted by atomic mass is 16.1. The standard InChI is InChI=1S/C25H44N4O/c26-24(21-29-25(30)23-15-12-18-28-20-23)16-10-5-3-1-2-4-6-11-17-27-19-22-13-8-7-9-14-22/h12,15,18,20,22,24,27H,1-11,13-14,16-17,19,21,26H2,(H,29,30). The van der Waals surface area contributed by atoms with Crippen molar-refractivity contribution < 1.29 is 4.79 Å². The molecule has 1 unspecified atom stereocenters. The lowest BCUT2D eigenvalue weighted by molar-refractivity contribution is 0.0950. The Bertz CT molecular complexity index is 545. The van der Waals surface area contributed by atoms with E-state index in [1.807, 2.05) is 0 Å². The van der Waals surface area contributed by atoms with Crippen LogP contribution >= 0.6 is 0 Å². The number of rotatable bonds is 16. The van der Waals surface area contributed by atoms with Gasteiger partial charge in [0.1, 0.15) is 0 Å². The highest BCUT2D eigenvalue weighted by Crippen LogP contribution is 2.22. The fourth-order valence-electron chi connectivity index (χ4n) is 4.34. The van der Waals surface area contributed by atoms with Crippen LogP contribution in [-0.2, 0) is 0 Å². The minimum absolute atomic E-state index is 0.0340. The Morgan fingerprint density at radius 3 is 2.43 bits per heavy atom. The topological polar surface area (TPSA) is 80.0 Å². The molecule has 0 aliphatic heterocycles. The number of carbonyl (C=O) groups is 1. The first-order valence-corrected chi connectivity index (χ1v) is 12.4. The van der Waals surface area contributed by atoms with Crippen LogP contribution < -0.4 is 16.4 Å². The maximum atomic E-state index is 12.0. The Morgan fingerprint density at radius 1 is 1.03 bits per heavy atom. The Hall–Kier alpha value is -1.46. The van der Waals surface area contributed by atoms with Crippen LogP contribution in [0.15, 0.2) is 24.5 Å². The number of pyridine rings is 1. The largest absolute Gasteiger partial charge is 0.350 e. The summed E-state index contributed by atoms with van der Waals surface area (Å²) in [4.78, 5) is 15.9. The molecule has 0 spiro atoms. The molecule has 1 aliphatic carbocycles. The van der Waals surface area contributed by atoms with Gasteiger partial charge in [-0.2, -0.15) is 0 Å². The van der Waals surface area contributed by atoms with Crippen molar-refractivity contribution in [3.05, 3.63) is 30.1 Å². The number of hydrogen-bond donors (Lipinski definition) is 3. The zero-order chi connectivity index (χ0) is 21.3. The summed E-state index contributed by atoms with van der Waals surface area (Å²) in [6, 6.07) is 3.57. The Labute approximate surface area is 184 Å². The van der Waals surface area contributed by atoms with Gasteiger partial charge in [-0.15, -0.1) is 0 Å². The number of aromatic nitrogens is 1. The summed E-state index contributed by atoms with van der Waals surface area (Å²) in [6.07, 6.45) is 21.9. The summed E-state index contributed by atoms with van der Waals surface area (Å²) in [5.74, 6) is 0.854. The third-order valence-corrected chi connectivity index (χ3v) is 6.28. The van der Waals surface area contributed by atoms with E-state index in [0.717, 1.165) is 18.8 Å². The van der Waals surface area contributed by atoms with Gasteiger partial charge in [0.15, 0.2) is 0 Å². The van der Waals surface area contributed by atoms with Crippen LogP contribution in [0.5, 0.6) is 0 Å². The van der Waals surface area contributed by atoms with Gasteiger partial charge in [-0.1, -0.05) is 64.2 Å². The number of nitrogens with two attached hydrogens (primary N) is 1. The lowest BCUT2D eigenvalue weighted by Gasteiger charge is -2.21. The summed E-state index contributed by atoms with van der Waals surface area (Å²) in [5, 5.41) is 6.57. The van der Waals surface area contributed by atoms with Gasteiger partial charge in [0.2, 0.25) is 0 Å². The van der Waals surface area contributed by atoms with E-state index in [4.69, 9.17) is 5.73 Å². The fraction of sp³-hybridized carbons (Fsp3) is 0.760. The number of amides is 1. The second kappa shape index (κ2) is 16.3. The summed E-state index contributed by atoms with van der Waals surface area (Å²) in [5.41, 5.74) is 6.72. The lowest BCUT2D eigenvalue weighted by Crippen LogP contribution is -2.37. The summed E-state index contributed by atoms with van der Waals surface area (Å²) in [7, 11) is 0. The van der Waals surface area contributed by atoms with Crippen LogP contribution in [0.1, 0.15) is 100 Å². The average molecular weight is 417 g/mol. The van der Waals surface area contributed by atoms with E-state index in [9.17, 15) is 4.79 Å². The van der Waals surface area contributed by atoms with Gasteiger partial charge < -0.3 is 16.4 Å². The zero-order valence-corrected chi connectivity index (χ0v) is 18.9. The van der Waals surface area contributed by atoms with E-state index >= 15 is 0 Å². The first kappa shape index (κ1) is 24.8. The van der Waals surface area contributed by atoms with Crippen LogP contribution in [0.25, 0.3) is 0 Å². The van der Waals surface area contributed by atoms with Gasteiger partial charge in [0.25, 0.3) is 5.91 Å². The van der Waals surface area contributed by atoms with E-state index in [1.165, 1.54) is 90.1 Å². The molecule has 5 nitrogen and oxygen atoms in total. The van der Waals surface area contributed by atoms with E-state index in [1.54, 1.807) is 24.5 Å². The van der Waals surface area contributed by atoms with Gasteiger partial charge in [-0.25, -0.2) is 0 Å². The van der Waals surface area contributed by atoms with E-state index < -0.39 is 0 Å². The summed E-state index contributed by atoms with van der Waals surface area (Å²) >= 11 is 0. The van der Waals surface area contributed by atoms with Crippen LogP contribution in [0.4, 0.5) is 0 Å². The van der Waals surface area contributed by atoms with Gasteiger partial charge in [-0.3, -0.25) is 9.78 Å². The van der Waals surface area contributed by atoms with Gasteiger partial charge in [-0.05, 0) is 56.8 Å². The van der Waals surface area contributed by atoms with Crippen LogP contribution in [0, 0.1) is 5.92 Å². The van der Waals surface area contributed by atoms with Crippen LogP contribution in [0.3, 0.4) is 0 Å². The zero-order valence-electron chi connectivity index (χ0n) is 18.9. The van der Waals surface area contributed by atoms with Crippen LogP contribution in [-0.4, -0.2) is 36.6 Å². The summed E-state index contributed by atoms with van der Waals surface area (Å²) < 4.78 is 0. The van der Waals surface area contributed by atoms with E-state index in [0.29, 0.717) is 12.1 Å².